The van der Waals surface area contributed by atoms with Gasteiger partial charge in [0.2, 0.25) is 0 Å². The van der Waals surface area contributed by atoms with Crippen molar-refractivity contribution in [2.24, 2.45) is 0 Å². The summed E-state index contributed by atoms with van der Waals surface area (Å²) in [4.78, 5) is 18.5. The summed E-state index contributed by atoms with van der Waals surface area (Å²) in [6.07, 6.45) is 0. The molecule has 0 amide bonds. The van der Waals surface area contributed by atoms with E-state index >= 15 is 0 Å². The fourth-order valence-corrected chi connectivity index (χ4v) is 2.22. The molecule has 5 N–H and O–H groups in total. The Morgan fingerprint density at radius 2 is 2.06 bits per heavy atom. The zero-order chi connectivity index (χ0) is 12.4. The third kappa shape index (κ3) is 2.92. The number of rotatable bonds is 2. The number of nitrogens with zero attached hydrogens (tertiary/aromatic N) is 1. The third-order valence-corrected chi connectivity index (χ3v) is 3.13. The van der Waals surface area contributed by atoms with Gasteiger partial charge in [0.15, 0.2) is 5.16 Å². The van der Waals surface area contributed by atoms with Crippen LogP contribution in [0.25, 0.3) is 0 Å². The molecule has 7 heteroatoms. The molecule has 88 valence electrons. The molecule has 5 nitrogen and oxygen atoms in total. The van der Waals surface area contributed by atoms with E-state index in [1.165, 1.54) is 17.8 Å². The molecule has 17 heavy (non-hydrogen) atoms. The van der Waals surface area contributed by atoms with Gasteiger partial charge < -0.3 is 16.5 Å². The molecule has 0 aliphatic rings. The van der Waals surface area contributed by atoms with Crippen molar-refractivity contribution in [1.82, 2.24) is 9.97 Å². The minimum absolute atomic E-state index is 0.170. The van der Waals surface area contributed by atoms with Crippen LogP contribution >= 0.6 is 23.4 Å². The van der Waals surface area contributed by atoms with E-state index in [1.54, 1.807) is 18.2 Å². The van der Waals surface area contributed by atoms with Crippen LogP contribution in [0.5, 0.6) is 0 Å². The van der Waals surface area contributed by atoms with Gasteiger partial charge in [-0.15, -0.1) is 0 Å². The van der Waals surface area contributed by atoms with Gasteiger partial charge in [-0.1, -0.05) is 11.6 Å². The summed E-state index contributed by atoms with van der Waals surface area (Å²) in [6.45, 7) is 0. The lowest BCUT2D eigenvalue weighted by atomic mass is 10.3. The van der Waals surface area contributed by atoms with Crippen molar-refractivity contribution in [3.8, 4) is 0 Å². The largest absolute Gasteiger partial charge is 0.398 e. The number of anilines is 2. The van der Waals surface area contributed by atoms with Gasteiger partial charge >= 0.3 is 0 Å². The van der Waals surface area contributed by atoms with Crippen LogP contribution < -0.4 is 17.0 Å². The van der Waals surface area contributed by atoms with Gasteiger partial charge in [0.05, 0.1) is 0 Å². The average Bonchev–Trinajstić information content (AvgIpc) is 2.21. The first-order valence-corrected chi connectivity index (χ1v) is 5.84. The predicted octanol–water partition coefficient (Wildman–Crippen LogP) is 1.74. The van der Waals surface area contributed by atoms with Crippen LogP contribution in [-0.2, 0) is 0 Å². The van der Waals surface area contributed by atoms with Crippen LogP contribution in [0, 0.1) is 0 Å². The second-order valence-electron chi connectivity index (χ2n) is 3.26. The average molecular weight is 269 g/mol. The van der Waals surface area contributed by atoms with E-state index in [2.05, 4.69) is 9.97 Å². The van der Waals surface area contributed by atoms with E-state index in [4.69, 9.17) is 23.1 Å². The SMILES string of the molecule is Nc1cc(=O)[nH]c(Sc2ccc(Cl)cc2N)n1. The molecular weight excluding hydrogens is 260 g/mol. The van der Waals surface area contributed by atoms with Crippen molar-refractivity contribution in [2.75, 3.05) is 11.5 Å². The van der Waals surface area contributed by atoms with Crippen molar-refractivity contribution in [1.29, 1.82) is 0 Å². The molecule has 0 aliphatic heterocycles. The number of aromatic nitrogens is 2. The summed E-state index contributed by atoms with van der Waals surface area (Å²) in [5.74, 6) is 0.170. The van der Waals surface area contributed by atoms with Gasteiger partial charge in [-0.25, -0.2) is 4.98 Å². The van der Waals surface area contributed by atoms with Crippen molar-refractivity contribution in [2.45, 2.75) is 10.1 Å². The maximum atomic E-state index is 11.2. The quantitative estimate of drug-likeness (QED) is 0.569. The van der Waals surface area contributed by atoms with Gasteiger partial charge in [-0.2, -0.15) is 0 Å². The molecule has 0 spiro atoms. The van der Waals surface area contributed by atoms with Crippen LogP contribution in [0.4, 0.5) is 11.5 Å². The zero-order valence-corrected chi connectivity index (χ0v) is 10.2. The van der Waals surface area contributed by atoms with Gasteiger partial charge in [0.1, 0.15) is 5.82 Å². The Bertz CT molecular complexity index is 613. The zero-order valence-electron chi connectivity index (χ0n) is 8.61. The Hall–Kier alpha value is -1.66. The van der Waals surface area contributed by atoms with Gasteiger partial charge in [0, 0.05) is 21.7 Å². The smallest absolute Gasteiger partial charge is 0.253 e. The number of aromatic amines is 1. The monoisotopic (exact) mass is 268 g/mol. The van der Waals surface area contributed by atoms with Gasteiger partial charge in [-0.3, -0.25) is 4.79 Å². The van der Waals surface area contributed by atoms with E-state index in [-0.39, 0.29) is 11.4 Å². The van der Waals surface area contributed by atoms with Gasteiger partial charge in [-0.05, 0) is 30.0 Å². The molecule has 0 saturated heterocycles. The molecule has 1 aromatic carbocycles. The standard InChI is InChI=1S/C10H9ClN4OS/c11-5-1-2-7(6(12)3-5)17-10-14-8(13)4-9(16)15-10/h1-4H,12H2,(H3,13,14,15,16). The molecule has 0 unspecified atom stereocenters. The normalized spacial score (nSPS) is 10.4. The Balaban J connectivity index is 2.34. The number of benzene rings is 1. The molecule has 0 radical (unpaired) electrons. The van der Waals surface area contributed by atoms with E-state index in [9.17, 15) is 4.79 Å². The predicted molar refractivity (Wildman–Crippen MR) is 69.3 cm³/mol. The van der Waals surface area contributed by atoms with Crippen molar-refractivity contribution < 1.29 is 0 Å². The number of H-pyrrole nitrogens is 1. The highest BCUT2D eigenvalue weighted by Crippen LogP contribution is 2.31. The van der Waals surface area contributed by atoms with Gasteiger partial charge in [0.25, 0.3) is 5.56 Å². The lowest BCUT2D eigenvalue weighted by Crippen LogP contribution is -2.09. The molecule has 0 saturated carbocycles. The van der Waals surface area contributed by atoms with Crippen LogP contribution in [0.2, 0.25) is 5.02 Å². The number of hydrogen-bond acceptors (Lipinski definition) is 5. The minimum atomic E-state index is -0.299. The first-order chi connectivity index (χ1) is 8.04. The Morgan fingerprint density at radius 3 is 2.71 bits per heavy atom. The van der Waals surface area contributed by atoms with E-state index < -0.39 is 0 Å². The second-order valence-corrected chi connectivity index (χ2v) is 4.73. The molecule has 1 aromatic heterocycles. The summed E-state index contributed by atoms with van der Waals surface area (Å²) in [5, 5.41) is 0.949. The molecule has 2 aromatic rings. The summed E-state index contributed by atoms with van der Waals surface area (Å²) >= 11 is 7.01. The Kier molecular flexibility index (Phi) is 3.26. The maximum absolute atomic E-state index is 11.2. The van der Waals surface area contributed by atoms with Crippen molar-refractivity contribution >= 4 is 34.9 Å². The molecule has 2 rings (SSSR count). The Labute approximate surface area is 106 Å². The first-order valence-electron chi connectivity index (χ1n) is 4.64. The van der Waals surface area contributed by atoms with Crippen LogP contribution in [0.3, 0.4) is 0 Å². The summed E-state index contributed by atoms with van der Waals surface area (Å²) < 4.78 is 0. The molecule has 0 aliphatic carbocycles. The van der Waals surface area contributed by atoms with Crippen molar-refractivity contribution in [3.05, 3.63) is 39.6 Å². The lowest BCUT2D eigenvalue weighted by molar-refractivity contribution is 0.945. The van der Waals surface area contributed by atoms with Crippen LogP contribution in [0.15, 0.2) is 39.1 Å². The summed E-state index contributed by atoms with van der Waals surface area (Å²) in [5.41, 5.74) is 11.5. The van der Waals surface area contributed by atoms with Crippen LogP contribution in [-0.4, -0.2) is 9.97 Å². The summed E-state index contributed by atoms with van der Waals surface area (Å²) in [7, 11) is 0. The minimum Gasteiger partial charge on any atom is -0.398 e. The van der Waals surface area contributed by atoms with Crippen LogP contribution in [0.1, 0.15) is 0 Å². The molecular formula is C10H9ClN4OS. The fourth-order valence-electron chi connectivity index (χ4n) is 1.22. The highest BCUT2D eigenvalue weighted by atomic mass is 35.5. The van der Waals surface area contributed by atoms with Crippen molar-refractivity contribution in [3.63, 3.8) is 0 Å². The number of hydrogen-bond donors (Lipinski definition) is 3. The molecule has 1 heterocycles. The topological polar surface area (TPSA) is 97.8 Å². The van der Waals surface area contributed by atoms with E-state index in [0.717, 1.165) is 4.90 Å². The number of nitrogens with two attached hydrogens (primary N) is 2. The second kappa shape index (κ2) is 4.68. The maximum Gasteiger partial charge on any atom is 0.253 e. The molecule has 0 bridgehead atoms. The number of nitrogens with one attached hydrogen (secondary N) is 1. The van der Waals surface area contributed by atoms with E-state index in [1.807, 2.05) is 0 Å². The van der Waals surface area contributed by atoms with E-state index in [0.29, 0.717) is 15.9 Å². The fraction of sp³-hybridized carbons (Fsp3) is 0. The highest BCUT2D eigenvalue weighted by Gasteiger charge is 2.05. The third-order valence-electron chi connectivity index (χ3n) is 1.92. The highest BCUT2D eigenvalue weighted by molar-refractivity contribution is 7.99. The molecule has 0 fully saturated rings. The number of halogens is 1. The molecule has 0 atom stereocenters. The summed E-state index contributed by atoms with van der Waals surface area (Å²) in [6, 6.07) is 6.32. The lowest BCUT2D eigenvalue weighted by Gasteiger charge is -2.05. The Morgan fingerprint density at radius 1 is 1.29 bits per heavy atom. The number of nitrogen functional groups attached to an aromatic ring is 2. The first kappa shape index (κ1) is 11.8.